The minimum absolute atomic E-state index is 0.0318. The molecular formula is C11H17N3O2. The van der Waals surface area contributed by atoms with Crippen molar-refractivity contribution >= 4 is 5.78 Å². The highest BCUT2D eigenvalue weighted by molar-refractivity contribution is 5.99. The smallest absolute Gasteiger partial charge is 0.189 e. The van der Waals surface area contributed by atoms with Crippen LogP contribution in [0, 0.1) is 11.8 Å². The third-order valence-corrected chi connectivity index (χ3v) is 3.21. The Hall–Kier alpha value is -1.36. The summed E-state index contributed by atoms with van der Waals surface area (Å²) in [5.41, 5.74) is 0.572. The van der Waals surface area contributed by atoms with Crippen LogP contribution in [0.3, 0.4) is 0 Å². The number of aromatic nitrogens is 2. The van der Waals surface area contributed by atoms with Gasteiger partial charge in [0.25, 0.3) is 0 Å². The number of hydrogen-bond acceptors (Lipinski definition) is 4. The first kappa shape index (κ1) is 11.1. The van der Waals surface area contributed by atoms with Gasteiger partial charge < -0.3 is 10.1 Å². The zero-order valence-corrected chi connectivity index (χ0v) is 9.86. The van der Waals surface area contributed by atoms with Crippen LogP contribution in [0.25, 0.3) is 0 Å². The summed E-state index contributed by atoms with van der Waals surface area (Å²) in [5.74, 6) is 1.08. The van der Waals surface area contributed by atoms with Crippen LogP contribution in [-0.2, 0) is 7.05 Å². The summed E-state index contributed by atoms with van der Waals surface area (Å²) in [7, 11) is 3.33. The lowest BCUT2D eigenvalue weighted by molar-refractivity contribution is 0.0894. The maximum atomic E-state index is 12.3. The maximum Gasteiger partial charge on any atom is 0.189 e. The second kappa shape index (κ2) is 4.25. The first-order chi connectivity index (χ1) is 7.65. The van der Waals surface area contributed by atoms with Crippen molar-refractivity contribution in [2.45, 2.75) is 6.92 Å². The molecule has 0 spiro atoms. The summed E-state index contributed by atoms with van der Waals surface area (Å²) in [6, 6.07) is 0. The van der Waals surface area contributed by atoms with E-state index in [4.69, 9.17) is 4.74 Å². The largest absolute Gasteiger partial charge is 0.493 e. The summed E-state index contributed by atoms with van der Waals surface area (Å²) in [4.78, 5) is 12.3. The van der Waals surface area contributed by atoms with Gasteiger partial charge in [-0.25, -0.2) is 0 Å². The zero-order valence-electron chi connectivity index (χ0n) is 9.86. The van der Waals surface area contributed by atoms with E-state index in [-0.39, 0.29) is 11.7 Å². The van der Waals surface area contributed by atoms with Gasteiger partial charge in [-0.15, -0.1) is 0 Å². The van der Waals surface area contributed by atoms with Crippen molar-refractivity contribution in [3.8, 4) is 5.75 Å². The number of hydrogen-bond donors (Lipinski definition) is 1. The molecule has 2 rings (SSSR count). The first-order valence-corrected chi connectivity index (χ1v) is 5.46. The van der Waals surface area contributed by atoms with Gasteiger partial charge in [-0.2, -0.15) is 5.10 Å². The van der Waals surface area contributed by atoms with E-state index < -0.39 is 0 Å². The minimum Gasteiger partial charge on any atom is -0.493 e. The van der Waals surface area contributed by atoms with E-state index in [9.17, 15) is 4.79 Å². The summed E-state index contributed by atoms with van der Waals surface area (Å²) < 4.78 is 6.75. The van der Waals surface area contributed by atoms with Gasteiger partial charge in [0.2, 0.25) is 0 Å². The van der Waals surface area contributed by atoms with Crippen molar-refractivity contribution in [3.05, 3.63) is 11.9 Å². The molecular weight excluding hydrogens is 206 g/mol. The third kappa shape index (κ3) is 1.71. The van der Waals surface area contributed by atoms with Crippen LogP contribution in [0.2, 0.25) is 0 Å². The predicted molar refractivity (Wildman–Crippen MR) is 59.6 cm³/mol. The van der Waals surface area contributed by atoms with E-state index in [1.54, 1.807) is 25.0 Å². The lowest BCUT2D eigenvalue weighted by atomic mass is 9.92. The fourth-order valence-electron chi connectivity index (χ4n) is 2.18. The molecule has 2 unspecified atom stereocenters. The van der Waals surface area contributed by atoms with Crippen LogP contribution in [0.15, 0.2) is 6.20 Å². The van der Waals surface area contributed by atoms with Crippen LogP contribution in [0.5, 0.6) is 5.75 Å². The highest BCUT2D eigenvalue weighted by Crippen LogP contribution is 2.25. The molecule has 1 N–H and O–H groups in total. The van der Waals surface area contributed by atoms with Crippen molar-refractivity contribution in [1.82, 2.24) is 15.1 Å². The van der Waals surface area contributed by atoms with E-state index in [0.717, 1.165) is 13.1 Å². The Labute approximate surface area is 94.8 Å². The van der Waals surface area contributed by atoms with Crippen LogP contribution in [-0.4, -0.2) is 35.8 Å². The standard InChI is InChI=1S/C11H17N3O2/c1-7-4-12-5-8(7)11(15)10-9(16-3)6-13-14(10)2/h6-8,12H,4-5H2,1-3H3. The Bertz CT molecular complexity index is 400. The fraction of sp³-hybridized carbons (Fsp3) is 0.636. The quantitative estimate of drug-likeness (QED) is 0.757. The number of carbonyl (C=O) groups is 1. The number of ether oxygens (including phenoxy) is 1. The monoisotopic (exact) mass is 223 g/mol. The molecule has 1 fully saturated rings. The Morgan fingerprint density at radius 1 is 1.62 bits per heavy atom. The summed E-state index contributed by atoms with van der Waals surface area (Å²) >= 11 is 0. The van der Waals surface area contributed by atoms with Gasteiger partial charge in [0.05, 0.1) is 13.3 Å². The zero-order chi connectivity index (χ0) is 11.7. The molecule has 1 aliphatic heterocycles. The third-order valence-electron chi connectivity index (χ3n) is 3.21. The molecule has 1 aromatic rings. The molecule has 1 aliphatic rings. The van der Waals surface area contributed by atoms with E-state index in [1.807, 2.05) is 0 Å². The lowest BCUT2D eigenvalue weighted by Crippen LogP contribution is -2.24. The number of Topliss-reactive ketones (excluding diaryl/α,β-unsaturated/α-hetero) is 1. The second-order valence-electron chi connectivity index (χ2n) is 4.29. The van der Waals surface area contributed by atoms with Crippen molar-refractivity contribution in [3.63, 3.8) is 0 Å². The van der Waals surface area contributed by atoms with E-state index in [1.165, 1.54) is 0 Å². The number of rotatable bonds is 3. The average molecular weight is 223 g/mol. The van der Waals surface area contributed by atoms with Gasteiger partial charge in [0.15, 0.2) is 11.5 Å². The second-order valence-corrected chi connectivity index (χ2v) is 4.29. The van der Waals surface area contributed by atoms with Gasteiger partial charge >= 0.3 is 0 Å². The molecule has 2 atom stereocenters. The first-order valence-electron chi connectivity index (χ1n) is 5.46. The lowest BCUT2D eigenvalue weighted by Gasteiger charge is -2.13. The number of nitrogens with one attached hydrogen (secondary N) is 1. The number of methoxy groups -OCH3 is 1. The Kier molecular flexibility index (Phi) is 2.96. The number of ketones is 1. The molecule has 2 heterocycles. The van der Waals surface area contributed by atoms with E-state index in [0.29, 0.717) is 17.4 Å². The summed E-state index contributed by atoms with van der Waals surface area (Å²) in [6.45, 7) is 3.73. The van der Waals surface area contributed by atoms with Gasteiger partial charge in [0.1, 0.15) is 5.69 Å². The van der Waals surface area contributed by atoms with Crippen molar-refractivity contribution in [2.75, 3.05) is 20.2 Å². The molecule has 88 valence electrons. The molecule has 5 heteroatoms. The Morgan fingerprint density at radius 3 is 2.94 bits per heavy atom. The Morgan fingerprint density at radius 2 is 2.38 bits per heavy atom. The molecule has 0 bridgehead atoms. The molecule has 0 aromatic carbocycles. The highest BCUT2D eigenvalue weighted by atomic mass is 16.5. The van der Waals surface area contributed by atoms with Gasteiger partial charge in [-0.05, 0) is 12.5 Å². The van der Waals surface area contributed by atoms with Crippen LogP contribution >= 0.6 is 0 Å². The molecule has 0 radical (unpaired) electrons. The predicted octanol–water partition coefficient (Wildman–Crippen LogP) is 0.467. The number of carbonyl (C=O) groups excluding carboxylic acids is 1. The van der Waals surface area contributed by atoms with E-state index >= 15 is 0 Å². The highest BCUT2D eigenvalue weighted by Gasteiger charge is 2.33. The van der Waals surface area contributed by atoms with Crippen LogP contribution in [0.4, 0.5) is 0 Å². The Balaban J connectivity index is 2.29. The number of nitrogens with zero attached hydrogens (tertiary/aromatic N) is 2. The van der Waals surface area contributed by atoms with Crippen LogP contribution in [0.1, 0.15) is 17.4 Å². The van der Waals surface area contributed by atoms with Gasteiger partial charge in [-0.1, -0.05) is 6.92 Å². The summed E-state index contributed by atoms with van der Waals surface area (Å²) in [5, 5.41) is 7.29. The number of aryl methyl sites for hydroxylation is 1. The van der Waals surface area contributed by atoms with E-state index in [2.05, 4.69) is 17.3 Å². The van der Waals surface area contributed by atoms with Crippen LogP contribution < -0.4 is 10.1 Å². The minimum atomic E-state index is 0.0318. The average Bonchev–Trinajstić information content (AvgIpc) is 2.83. The molecule has 0 aliphatic carbocycles. The van der Waals surface area contributed by atoms with Crippen molar-refractivity contribution < 1.29 is 9.53 Å². The molecule has 1 aromatic heterocycles. The fourth-order valence-corrected chi connectivity index (χ4v) is 2.18. The van der Waals surface area contributed by atoms with Crippen molar-refractivity contribution in [1.29, 1.82) is 0 Å². The molecule has 0 amide bonds. The molecule has 1 saturated heterocycles. The molecule has 16 heavy (non-hydrogen) atoms. The summed E-state index contributed by atoms with van der Waals surface area (Å²) in [6.07, 6.45) is 1.58. The normalized spacial score (nSPS) is 24.7. The van der Waals surface area contributed by atoms with Gasteiger partial charge in [-0.3, -0.25) is 9.48 Å². The topological polar surface area (TPSA) is 56.2 Å². The SMILES string of the molecule is COc1cnn(C)c1C(=O)C1CNCC1C. The van der Waals surface area contributed by atoms with Gasteiger partial charge in [0, 0.05) is 19.5 Å². The molecule has 0 saturated carbocycles. The maximum absolute atomic E-state index is 12.3. The van der Waals surface area contributed by atoms with Crippen molar-refractivity contribution in [2.24, 2.45) is 18.9 Å². The molecule has 5 nitrogen and oxygen atoms in total.